The molecule has 0 heterocycles. The van der Waals surface area contributed by atoms with Crippen molar-refractivity contribution in [1.82, 2.24) is 5.32 Å². The SMILES string of the molecule is C=C(C)CNC(=O)Cc1ccc(F)cc1. The van der Waals surface area contributed by atoms with E-state index in [1.165, 1.54) is 12.1 Å². The monoisotopic (exact) mass is 207 g/mol. The Kier molecular flexibility index (Phi) is 4.03. The second-order valence-electron chi connectivity index (χ2n) is 3.54. The van der Waals surface area contributed by atoms with Gasteiger partial charge in [0.05, 0.1) is 6.42 Å². The summed E-state index contributed by atoms with van der Waals surface area (Å²) >= 11 is 0. The zero-order valence-corrected chi connectivity index (χ0v) is 8.72. The molecule has 80 valence electrons. The molecule has 0 radical (unpaired) electrons. The number of carbonyl (C=O) groups excluding carboxylic acids is 1. The van der Waals surface area contributed by atoms with Crippen LogP contribution in [0.5, 0.6) is 0 Å². The third kappa shape index (κ3) is 4.40. The lowest BCUT2D eigenvalue weighted by Crippen LogP contribution is -2.26. The van der Waals surface area contributed by atoms with Crippen LogP contribution in [0.25, 0.3) is 0 Å². The predicted octanol–water partition coefficient (Wildman–Crippen LogP) is 2.06. The average Bonchev–Trinajstić information content (AvgIpc) is 2.19. The second kappa shape index (κ2) is 5.29. The van der Waals surface area contributed by atoms with E-state index in [-0.39, 0.29) is 18.1 Å². The maximum Gasteiger partial charge on any atom is 0.224 e. The van der Waals surface area contributed by atoms with Crippen molar-refractivity contribution in [3.8, 4) is 0 Å². The highest BCUT2D eigenvalue weighted by Gasteiger charge is 2.02. The normalized spacial score (nSPS) is 9.73. The van der Waals surface area contributed by atoms with Crippen LogP contribution in [0.1, 0.15) is 12.5 Å². The van der Waals surface area contributed by atoms with Crippen molar-refractivity contribution in [3.05, 3.63) is 47.8 Å². The van der Waals surface area contributed by atoms with Crippen molar-refractivity contribution < 1.29 is 9.18 Å². The molecule has 0 unspecified atom stereocenters. The summed E-state index contributed by atoms with van der Waals surface area (Å²) in [5.74, 6) is -0.370. The fourth-order valence-corrected chi connectivity index (χ4v) is 1.10. The smallest absolute Gasteiger partial charge is 0.224 e. The topological polar surface area (TPSA) is 29.1 Å². The van der Waals surface area contributed by atoms with Crippen molar-refractivity contribution >= 4 is 5.91 Å². The van der Waals surface area contributed by atoms with Crippen LogP contribution in [-0.4, -0.2) is 12.5 Å². The van der Waals surface area contributed by atoms with Crippen molar-refractivity contribution in [3.63, 3.8) is 0 Å². The van der Waals surface area contributed by atoms with Crippen LogP contribution in [0.2, 0.25) is 0 Å². The van der Waals surface area contributed by atoms with Gasteiger partial charge in [0.2, 0.25) is 5.91 Å². The molecule has 0 atom stereocenters. The van der Waals surface area contributed by atoms with Crippen molar-refractivity contribution in [2.75, 3.05) is 6.54 Å². The summed E-state index contributed by atoms with van der Waals surface area (Å²) in [6.07, 6.45) is 0.271. The lowest BCUT2D eigenvalue weighted by Gasteiger charge is -2.04. The van der Waals surface area contributed by atoms with Gasteiger partial charge in [0.25, 0.3) is 0 Å². The van der Waals surface area contributed by atoms with E-state index in [1.54, 1.807) is 12.1 Å². The summed E-state index contributed by atoms with van der Waals surface area (Å²) in [6, 6.07) is 5.91. The predicted molar refractivity (Wildman–Crippen MR) is 57.9 cm³/mol. The molecule has 0 saturated carbocycles. The molecule has 0 aliphatic rings. The van der Waals surface area contributed by atoms with Crippen molar-refractivity contribution in [2.45, 2.75) is 13.3 Å². The first kappa shape index (κ1) is 11.4. The van der Waals surface area contributed by atoms with E-state index in [1.807, 2.05) is 6.92 Å². The van der Waals surface area contributed by atoms with Crippen LogP contribution >= 0.6 is 0 Å². The molecule has 3 heteroatoms. The molecule has 0 spiro atoms. The molecule has 1 amide bonds. The van der Waals surface area contributed by atoms with Crippen LogP contribution in [0.4, 0.5) is 4.39 Å². The molecular weight excluding hydrogens is 193 g/mol. The number of nitrogens with one attached hydrogen (secondary N) is 1. The van der Waals surface area contributed by atoms with Crippen LogP contribution in [-0.2, 0) is 11.2 Å². The third-order valence-electron chi connectivity index (χ3n) is 1.87. The number of carbonyl (C=O) groups is 1. The van der Waals surface area contributed by atoms with Gasteiger partial charge in [0.1, 0.15) is 5.82 Å². The minimum absolute atomic E-state index is 0.0791. The van der Waals surface area contributed by atoms with Gasteiger partial charge < -0.3 is 5.32 Å². The molecule has 0 aromatic heterocycles. The molecule has 0 bridgehead atoms. The molecule has 1 rings (SSSR count). The van der Waals surface area contributed by atoms with Crippen LogP contribution in [0.3, 0.4) is 0 Å². The van der Waals surface area contributed by atoms with E-state index in [4.69, 9.17) is 0 Å². The maximum absolute atomic E-state index is 12.6. The maximum atomic E-state index is 12.6. The van der Waals surface area contributed by atoms with Gasteiger partial charge in [-0.25, -0.2) is 4.39 Å². The minimum Gasteiger partial charge on any atom is -0.352 e. The van der Waals surface area contributed by atoms with E-state index in [0.29, 0.717) is 6.54 Å². The Hall–Kier alpha value is -1.64. The number of benzene rings is 1. The van der Waals surface area contributed by atoms with E-state index in [0.717, 1.165) is 11.1 Å². The first-order valence-corrected chi connectivity index (χ1v) is 4.73. The Morgan fingerprint density at radius 2 is 2.00 bits per heavy atom. The largest absolute Gasteiger partial charge is 0.352 e. The minimum atomic E-state index is -0.291. The zero-order valence-electron chi connectivity index (χ0n) is 8.72. The second-order valence-corrected chi connectivity index (χ2v) is 3.54. The molecular formula is C12H14FNO. The molecule has 0 aliphatic heterocycles. The standard InChI is InChI=1S/C12H14FNO/c1-9(2)8-14-12(15)7-10-3-5-11(13)6-4-10/h3-6H,1,7-8H2,2H3,(H,14,15). The third-order valence-corrected chi connectivity index (χ3v) is 1.87. The van der Waals surface area contributed by atoms with E-state index in [2.05, 4.69) is 11.9 Å². The van der Waals surface area contributed by atoms with E-state index >= 15 is 0 Å². The number of hydrogen-bond acceptors (Lipinski definition) is 1. The van der Waals surface area contributed by atoms with Crippen LogP contribution in [0.15, 0.2) is 36.4 Å². The Bertz CT molecular complexity index is 356. The lowest BCUT2D eigenvalue weighted by molar-refractivity contribution is -0.120. The van der Waals surface area contributed by atoms with Gasteiger partial charge in [-0.15, -0.1) is 0 Å². The van der Waals surface area contributed by atoms with Gasteiger partial charge in [-0.3, -0.25) is 4.79 Å². The molecule has 0 fully saturated rings. The first-order valence-electron chi connectivity index (χ1n) is 4.73. The lowest BCUT2D eigenvalue weighted by atomic mass is 10.1. The summed E-state index contributed by atoms with van der Waals surface area (Å²) in [4.78, 5) is 11.4. The Balaban J connectivity index is 2.44. The molecule has 1 aromatic rings. The van der Waals surface area contributed by atoms with Crippen molar-refractivity contribution in [1.29, 1.82) is 0 Å². The molecule has 1 aromatic carbocycles. The summed E-state index contributed by atoms with van der Waals surface area (Å²) in [6.45, 7) is 6.01. The highest BCUT2D eigenvalue weighted by atomic mass is 19.1. The van der Waals surface area contributed by atoms with Gasteiger partial charge in [-0.1, -0.05) is 24.3 Å². The fourth-order valence-electron chi connectivity index (χ4n) is 1.10. The van der Waals surface area contributed by atoms with Gasteiger partial charge in [0, 0.05) is 6.54 Å². The van der Waals surface area contributed by atoms with E-state index in [9.17, 15) is 9.18 Å². The number of amides is 1. The number of hydrogen-bond donors (Lipinski definition) is 1. The first-order chi connectivity index (χ1) is 7.08. The van der Waals surface area contributed by atoms with Gasteiger partial charge in [0.15, 0.2) is 0 Å². The van der Waals surface area contributed by atoms with Crippen LogP contribution < -0.4 is 5.32 Å². The Morgan fingerprint density at radius 1 is 1.40 bits per heavy atom. The summed E-state index contributed by atoms with van der Waals surface area (Å²) in [5, 5.41) is 2.71. The van der Waals surface area contributed by atoms with Crippen molar-refractivity contribution in [2.24, 2.45) is 0 Å². The van der Waals surface area contributed by atoms with Crippen LogP contribution in [0, 0.1) is 5.82 Å². The molecule has 2 nitrogen and oxygen atoms in total. The number of rotatable bonds is 4. The molecule has 1 N–H and O–H groups in total. The Morgan fingerprint density at radius 3 is 2.53 bits per heavy atom. The Labute approximate surface area is 88.8 Å². The number of halogens is 1. The molecule has 15 heavy (non-hydrogen) atoms. The van der Waals surface area contributed by atoms with Gasteiger partial charge in [-0.05, 0) is 24.6 Å². The summed E-state index contributed by atoms with van der Waals surface area (Å²) in [5.41, 5.74) is 1.71. The molecule has 0 saturated heterocycles. The summed E-state index contributed by atoms with van der Waals surface area (Å²) in [7, 11) is 0. The summed E-state index contributed by atoms with van der Waals surface area (Å²) < 4.78 is 12.6. The average molecular weight is 207 g/mol. The van der Waals surface area contributed by atoms with Gasteiger partial charge in [-0.2, -0.15) is 0 Å². The highest BCUT2D eigenvalue weighted by Crippen LogP contribution is 2.03. The fraction of sp³-hybridized carbons (Fsp3) is 0.250. The quantitative estimate of drug-likeness (QED) is 0.752. The van der Waals surface area contributed by atoms with E-state index < -0.39 is 0 Å². The molecule has 0 aliphatic carbocycles. The highest BCUT2D eigenvalue weighted by molar-refractivity contribution is 5.78. The van der Waals surface area contributed by atoms with Gasteiger partial charge >= 0.3 is 0 Å². The zero-order chi connectivity index (χ0) is 11.3.